The first kappa shape index (κ1) is 13.5. The number of pyridine rings is 2. The Bertz CT molecular complexity index is 590. The summed E-state index contributed by atoms with van der Waals surface area (Å²) in [4.78, 5) is 8.62. The summed E-state index contributed by atoms with van der Waals surface area (Å²) < 4.78 is 0. The van der Waals surface area contributed by atoms with Crippen LogP contribution in [-0.2, 0) is 5.75 Å². The molecule has 2 heterocycles. The summed E-state index contributed by atoms with van der Waals surface area (Å²) in [6.07, 6.45) is 1.65. The number of hydrogen-bond donors (Lipinski definition) is 2. The van der Waals surface area contributed by atoms with Gasteiger partial charge in [0.15, 0.2) is 0 Å². The molecule has 0 spiro atoms. The van der Waals surface area contributed by atoms with Crippen LogP contribution in [0.1, 0.15) is 22.5 Å². The van der Waals surface area contributed by atoms with Gasteiger partial charge in [-0.15, -0.1) is 11.8 Å². The minimum atomic E-state index is 0.00424. The fraction of sp³-hybridized carbons (Fsp3) is 0.214. The molecule has 19 heavy (non-hydrogen) atoms. The van der Waals surface area contributed by atoms with Gasteiger partial charge in [-0.1, -0.05) is 6.07 Å². The van der Waals surface area contributed by atoms with Crippen molar-refractivity contribution in [3.63, 3.8) is 0 Å². The van der Waals surface area contributed by atoms with E-state index < -0.39 is 0 Å². The SMILES string of the molecule is Cc1cc(C)nc(SCc2cccnc2C(=N)N)c1. The Kier molecular flexibility index (Phi) is 4.16. The number of rotatable bonds is 4. The average Bonchev–Trinajstić information content (AvgIpc) is 2.35. The highest BCUT2D eigenvalue weighted by Crippen LogP contribution is 2.23. The van der Waals surface area contributed by atoms with Gasteiger partial charge in [-0.3, -0.25) is 10.4 Å². The molecule has 0 aliphatic carbocycles. The molecular formula is C14H16N4S. The Morgan fingerprint density at radius 1 is 1.37 bits per heavy atom. The van der Waals surface area contributed by atoms with E-state index in [4.69, 9.17) is 11.1 Å². The van der Waals surface area contributed by atoms with Crippen LogP contribution in [0.2, 0.25) is 0 Å². The molecule has 0 aliphatic heterocycles. The van der Waals surface area contributed by atoms with E-state index in [2.05, 4.69) is 29.0 Å². The molecule has 98 valence electrons. The molecule has 2 aromatic rings. The van der Waals surface area contributed by atoms with E-state index in [1.165, 1.54) is 5.56 Å². The first-order valence-electron chi connectivity index (χ1n) is 5.92. The normalized spacial score (nSPS) is 10.4. The van der Waals surface area contributed by atoms with Crippen LogP contribution < -0.4 is 5.73 Å². The molecule has 0 amide bonds. The number of hydrogen-bond acceptors (Lipinski definition) is 4. The smallest absolute Gasteiger partial charge is 0.142 e. The van der Waals surface area contributed by atoms with Crippen molar-refractivity contribution in [1.82, 2.24) is 9.97 Å². The lowest BCUT2D eigenvalue weighted by atomic mass is 10.2. The summed E-state index contributed by atoms with van der Waals surface area (Å²) in [6, 6.07) is 7.91. The molecule has 0 unspecified atom stereocenters. The molecule has 0 radical (unpaired) electrons. The molecule has 0 bridgehead atoms. The summed E-state index contributed by atoms with van der Waals surface area (Å²) in [6.45, 7) is 4.05. The van der Waals surface area contributed by atoms with E-state index >= 15 is 0 Å². The molecule has 4 nitrogen and oxygen atoms in total. The van der Waals surface area contributed by atoms with Crippen LogP contribution in [0.4, 0.5) is 0 Å². The Labute approximate surface area is 117 Å². The van der Waals surface area contributed by atoms with Gasteiger partial charge in [-0.2, -0.15) is 0 Å². The zero-order valence-corrected chi connectivity index (χ0v) is 11.8. The molecule has 0 saturated heterocycles. The number of nitrogen functional groups attached to an aromatic ring is 1. The van der Waals surface area contributed by atoms with E-state index in [1.807, 2.05) is 19.1 Å². The fourth-order valence-corrected chi connectivity index (χ4v) is 2.84. The second kappa shape index (κ2) is 5.84. The van der Waals surface area contributed by atoms with Gasteiger partial charge in [-0.05, 0) is 43.2 Å². The summed E-state index contributed by atoms with van der Waals surface area (Å²) in [5, 5.41) is 8.50. The molecule has 2 aromatic heterocycles. The number of nitrogens with two attached hydrogens (primary N) is 1. The summed E-state index contributed by atoms with van der Waals surface area (Å²) >= 11 is 1.63. The maximum atomic E-state index is 7.52. The number of aromatic nitrogens is 2. The number of amidine groups is 1. The topological polar surface area (TPSA) is 75.7 Å². The molecular weight excluding hydrogens is 256 g/mol. The number of aryl methyl sites for hydroxylation is 2. The molecule has 0 aromatic carbocycles. The Balaban J connectivity index is 2.16. The highest BCUT2D eigenvalue weighted by Gasteiger charge is 2.07. The first-order chi connectivity index (χ1) is 9.06. The van der Waals surface area contributed by atoms with Crippen LogP contribution in [0.3, 0.4) is 0 Å². The first-order valence-corrected chi connectivity index (χ1v) is 6.91. The summed E-state index contributed by atoms with van der Waals surface area (Å²) in [5.74, 6) is 0.711. The molecule has 0 atom stereocenters. The van der Waals surface area contributed by atoms with Crippen LogP contribution in [0.25, 0.3) is 0 Å². The van der Waals surface area contributed by atoms with E-state index in [9.17, 15) is 0 Å². The van der Waals surface area contributed by atoms with Gasteiger partial charge in [-0.25, -0.2) is 4.98 Å². The van der Waals surface area contributed by atoms with Gasteiger partial charge in [0, 0.05) is 17.6 Å². The van der Waals surface area contributed by atoms with E-state index in [0.29, 0.717) is 11.4 Å². The second-order valence-electron chi connectivity index (χ2n) is 4.34. The van der Waals surface area contributed by atoms with Crippen LogP contribution in [-0.4, -0.2) is 15.8 Å². The minimum absolute atomic E-state index is 0.00424. The number of nitrogens with one attached hydrogen (secondary N) is 1. The van der Waals surface area contributed by atoms with Crippen LogP contribution in [0, 0.1) is 19.3 Å². The lowest BCUT2D eigenvalue weighted by molar-refractivity contribution is 1.04. The van der Waals surface area contributed by atoms with Gasteiger partial charge >= 0.3 is 0 Å². The van der Waals surface area contributed by atoms with Crippen molar-refractivity contribution in [3.8, 4) is 0 Å². The molecule has 0 aliphatic rings. The van der Waals surface area contributed by atoms with E-state index in [0.717, 1.165) is 16.3 Å². The van der Waals surface area contributed by atoms with Crippen molar-refractivity contribution >= 4 is 17.6 Å². The van der Waals surface area contributed by atoms with Gasteiger partial charge < -0.3 is 5.73 Å². The second-order valence-corrected chi connectivity index (χ2v) is 5.33. The Morgan fingerprint density at radius 2 is 2.16 bits per heavy atom. The van der Waals surface area contributed by atoms with Gasteiger partial charge in [0.25, 0.3) is 0 Å². The molecule has 0 saturated carbocycles. The fourth-order valence-electron chi connectivity index (χ4n) is 1.83. The standard InChI is InChI=1S/C14H16N4S/c1-9-6-10(2)18-12(7-9)19-8-11-4-3-5-17-13(11)14(15)16/h3-7H,8H2,1-2H3,(H3,15,16). The third-order valence-corrected chi connectivity index (χ3v) is 3.56. The highest BCUT2D eigenvalue weighted by molar-refractivity contribution is 7.98. The summed E-state index contributed by atoms with van der Waals surface area (Å²) in [5.41, 5.74) is 9.26. The Hall–Kier alpha value is -1.88. The highest BCUT2D eigenvalue weighted by atomic mass is 32.2. The number of thioether (sulfide) groups is 1. The van der Waals surface area contributed by atoms with Crippen LogP contribution in [0.5, 0.6) is 0 Å². The van der Waals surface area contributed by atoms with E-state index in [-0.39, 0.29) is 5.84 Å². The van der Waals surface area contributed by atoms with Crippen molar-refractivity contribution in [2.75, 3.05) is 0 Å². The van der Waals surface area contributed by atoms with Crippen molar-refractivity contribution in [1.29, 1.82) is 5.41 Å². The predicted molar refractivity (Wildman–Crippen MR) is 78.5 cm³/mol. The number of nitrogens with zero attached hydrogens (tertiary/aromatic N) is 2. The average molecular weight is 272 g/mol. The lowest BCUT2D eigenvalue weighted by Gasteiger charge is -2.07. The van der Waals surface area contributed by atoms with Crippen LogP contribution in [0.15, 0.2) is 35.5 Å². The summed E-state index contributed by atoms with van der Waals surface area (Å²) in [7, 11) is 0. The van der Waals surface area contributed by atoms with Crippen molar-refractivity contribution in [2.24, 2.45) is 5.73 Å². The molecule has 2 rings (SSSR count). The Morgan fingerprint density at radius 3 is 2.84 bits per heavy atom. The van der Waals surface area contributed by atoms with Crippen molar-refractivity contribution < 1.29 is 0 Å². The zero-order chi connectivity index (χ0) is 13.8. The zero-order valence-electron chi connectivity index (χ0n) is 11.0. The lowest BCUT2D eigenvalue weighted by Crippen LogP contribution is -2.15. The molecule has 0 fully saturated rings. The minimum Gasteiger partial charge on any atom is -0.382 e. The third kappa shape index (κ3) is 3.54. The van der Waals surface area contributed by atoms with Gasteiger partial charge in [0.05, 0.1) is 5.03 Å². The van der Waals surface area contributed by atoms with E-state index in [1.54, 1.807) is 18.0 Å². The molecule has 5 heteroatoms. The predicted octanol–water partition coefficient (Wildman–Crippen LogP) is 2.67. The monoisotopic (exact) mass is 272 g/mol. The van der Waals surface area contributed by atoms with Crippen molar-refractivity contribution in [2.45, 2.75) is 24.6 Å². The third-order valence-electron chi connectivity index (χ3n) is 2.60. The van der Waals surface area contributed by atoms with Crippen LogP contribution >= 0.6 is 11.8 Å². The largest absolute Gasteiger partial charge is 0.382 e. The quantitative estimate of drug-likeness (QED) is 0.509. The van der Waals surface area contributed by atoms with Gasteiger partial charge in [0.1, 0.15) is 11.5 Å². The molecule has 3 N–H and O–H groups in total. The maximum Gasteiger partial charge on any atom is 0.142 e. The van der Waals surface area contributed by atoms with Gasteiger partial charge in [0.2, 0.25) is 0 Å². The van der Waals surface area contributed by atoms with Crippen molar-refractivity contribution in [3.05, 3.63) is 53.0 Å². The maximum absolute atomic E-state index is 7.52.